The van der Waals surface area contributed by atoms with Gasteiger partial charge in [0.1, 0.15) is 30.3 Å². The molecule has 248 valence electrons. The monoisotopic (exact) mass is 632 g/mol. The summed E-state index contributed by atoms with van der Waals surface area (Å²) in [6, 6.07) is 27.7. The molecule has 4 aromatic carbocycles. The van der Waals surface area contributed by atoms with Crippen molar-refractivity contribution in [2.45, 2.75) is 89.9 Å². The van der Waals surface area contributed by atoms with Crippen molar-refractivity contribution in [2.24, 2.45) is 0 Å². The van der Waals surface area contributed by atoms with Gasteiger partial charge < -0.3 is 29.5 Å². The fourth-order valence-electron chi connectivity index (χ4n) is 4.88. The molecule has 4 aromatic rings. The van der Waals surface area contributed by atoms with Gasteiger partial charge in [-0.2, -0.15) is 0 Å². The minimum Gasteiger partial charge on any atom is -0.490 e. The van der Waals surface area contributed by atoms with Crippen molar-refractivity contribution in [1.29, 1.82) is 0 Å². The highest BCUT2D eigenvalue weighted by molar-refractivity contribution is 5.88. The van der Waals surface area contributed by atoms with Crippen LogP contribution in [0.25, 0.3) is 21.5 Å². The second-order valence-electron chi connectivity index (χ2n) is 12.4. The molecule has 0 aliphatic heterocycles. The number of carboxylic acids is 1. The van der Waals surface area contributed by atoms with E-state index in [2.05, 4.69) is 0 Å². The zero-order valence-corrected chi connectivity index (χ0v) is 27.2. The summed E-state index contributed by atoms with van der Waals surface area (Å²) < 4.78 is 16.7. The lowest BCUT2D eigenvalue weighted by molar-refractivity contribution is -0.155. The third kappa shape index (κ3) is 13.5. The second-order valence-corrected chi connectivity index (χ2v) is 12.4. The first kappa shape index (κ1) is 36.3. The number of rotatable bonds is 16. The Hall–Kier alpha value is -4.14. The molecule has 0 bridgehead atoms. The Balaban J connectivity index is 0.000000254. The van der Waals surface area contributed by atoms with Gasteiger partial charge in [0.25, 0.3) is 0 Å². The van der Waals surface area contributed by atoms with Crippen LogP contribution < -0.4 is 9.47 Å². The molecule has 2 atom stereocenters. The molecular weight excluding hydrogens is 584 g/mol. The Labute approximate surface area is 271 Å². The highest BCUT2D eigenvalue weighted by Gasteiger charge is 2.16. The number of carboxylic acid groups (broad SMARTS) is 1. The smallest absolute Gasteiger partial charge is 0.306 e. The molecule has 0 aromatic heterocycles. The van der Waals surface area contributed by atoms with E-state index in [-0.39, 0.29) is 25.6 Å². The summed E-state index contributed by atoms with van der Waals surface area (Å²) in [5, 5.41) is 32.8. The van der Waals surface area contributed by atoms with Crippen molar-refractivity contribution in [3.63, 3.8) is 0 Å². The standard InChI is InChI=1S/C21H28O4.C17H20O4/c1-21(2,3)25-20(23)14-7-5-11-17(22)15-24-19-13-8-10-16-9-4-6-12-18(16)19;18-14(8-2-4-11-17(19)20)12-21-16-10-5-7-13-6-1-3-9-15(13)16/h4,6,8-10,12-13,17,22H,5,7,11,14-15H2,1-3H3;1,3,5-7,9-10,14,18H,2,4,8,11-12H2,(H,19,20)/t17-;14-/m00/s1. The van der Waals surface area contributed by atoms with Crippen LogP contribution in [0.5, 0.6) is 11.5 Å². The summed E-state index contributed by atoms with van der Waals surface area (Å²) in [7, 11) is 0. The number of aliphatic carboxylic acids is 1. The van der Waals surface area contributed by atoms with E-state index in [0.717, 1.165) is 39.5 Å². The van der Waals surface area contributed by atoms with Crippen molar-refractivity contribution in [2.75, 3.05) is 13.2 Å². The van der Waals surface area contributed by atoms with Gasteiger partial charge in [-0.1, -0.05) is 85.6 Å². The normalized spacial score (nSPS) is 12.5. The van der Waals surface area contributed by atoms with Crippen LogP contribution >= 0.6 is 0 Å². The Morgan fingerprint density at radius 3 is 1.52 bits per heavy atom. The summed E-state index contributed by atoms with van der Waals surface area (Å²) in [6.45, 7) is 6.05. The molecule has 0 amide bonds. The molecule has 8 heteroatoms. The number of aliphatic hydroxyl groups excluding tert-OH is 2. The second kappa shape index (κ2) is 18.7. The van der Waals surface area contributed by atoms with Gasteiger partial charge in [0.15, 0.2) is 0 Å². The topological polar surface area (TPSA) is 123 Å². The Bertz CT molecular complexity index is 1500. The third-order valence-electron chi connectivity index (χ3n) is 7.13. The first-order valence-corrected chi connectivity index (χ1v) is 16.0. The Kier molecular flexibility index (Phi) is 14.8. The summed E-state index contributed by atoms with van der Waals surface area (Å²) in [5.74, 6) is 0.564. The van der Waals surface area contributed by atoms with Crippen LogP contribution in [0.15, 0.2) is 84.9 Å². The van der Waals surface area contributed by atoms with Crippen molar-refractivity contribution < 1.29 is 39.1 Å². The van der Waals surface area contributed by atoms with Gasteiger partial charge in [0.05, 0.1) is 12.2 Å². The summed E-state index contributed by atoms with van der Waals surface area (Å²) in [4.78, 5) is 22.0. The van der Waals surface area contributed by atoms with E-state index in [1.165, 1.54) is 0 Å². The molecule has 0 saturated heterocycles. The minimum absolute atomic E-state index is 0.150. The highest BCUT2D eigenvalue weighted by Crippen LogP contribution is 2.26. The van der Waals surface area contributed by atoms with Gasteiger partial charge >= 0.3 is 11.9 Å². The van der Waals surface area contributed by atoms with E-state index < -0.39 is 23.8 Å². The number of carbonyl (C=O) groups excluding carboxylic acids is 1. The zero-order chi connectivity index (χ0) is 33.4. The van der Waals surface area contributed by atoms with E-state index in [4.69, 9.17) is 19.3 Å². The Morgan fingerprint density at radius 2 is 1.07 bits per heavy atom. The first-order valence-electron chi connectivity index (χ1n) is 16.0. The minimum atomic E-state index is -0.795. The van der Waals surface area contributed by atoms with E-state index >= 15 is 0 Å². The third-order valence-corrected chi connectivity index (χ3v) is 7.13. The van der Waals surface area contributed by atoms with Crippen molar-refractivity contribution in [3.05, 3.63) is 84.9 Å². The number of hydrogen-bond acceptors (Lipinski definition) is 7. The quantitative estimate of drug-likeness (QED) is 0.0848. The average molecular weight is 633 g/mol. The van der Waals surface area contributed by atoms with Crippen LogP contribution in [0.4, 0.5) is 0 Å². The molecule has 4 rings (SSSR count). The maximum atomic E-state index is 11.6. The molecular formula is C38H48O8. The lowest BCUT2D eigenvalue weighted by Crippen LogP contribution is -2.23. The summed E-state index contributed by atoms with van der Waals surface area (Å²) >= 11 is 0. The zero-order valence-electron chi connectivity index (χ0n) is 27.2. The van der Waals surface area contributed by atoms with Gasteiger partial charge in [0.2, 0.25) is 0 Å². The summed E-state index contributed by atoms with van der Waals surface area (Å²) in [5.41, 5.74) is -0.442. The molecule has 0 fully saturated rings. The van der Waals surface area contributed by atoms with Crippen molar-refractivity contribution in [1.82, 2.24) is 0 Å². The average Bonchev–Trinajstić information content (AvgIpc) is 3.02. The number of benzene rings is 4. The number of hydrogen-bond donors (Lipinski definition) is 3. The van der Waals surface area contributed by atoms with Crippen LogP contribution in [-0.4, -0.2) is 58.3 Å². The number of ether oxygens (including phenoxy) is 3. The molecule has 8 nitrogen and oxygen atoms in total. The Morgan fingerprint density at radius 1 is 0.630 bits per heavy atom. The lowest BCUT2D eigenvalue weighted by Gasteiger charge is -2.19. The number of esters is 1. The molecule has 0 aliphatic carbocycles. The fourth-order valence-corrected chi connectivity index (χ4v) is 4.88. The van der Waals surface area contributed by atoms with Crippen LogP contribution in [0.3, 0.4) is 0 Å². The van der Waals surface area contributed by atoms with Crippen LogP contribution in [-0.2, 0) is 14.3 Å². The highest BCUT2D eigenvalue weighted by atomic mass is 16.6. The van der Waals surface area contributed by atoms with Crippen molar-refractivity contribution in [3.8, 4) is 11.5 Å². The number of fused-ring (bicyclic) bond motifs is 2. The molecule has 3 N–H and O–H groups in total. The maximum Gasteiger partial charge on any atom is 0.306 e. The van der Waals surface area contributed by atoms with Crippen LogP contribution in [0.2, 0.25) is 0 Å². The number of unbranched alkanes of at least 4 members (excludes halogenated alkanes) is 2. The predicted octanol–water partition coefficient (Wildman–Crippen LogP) is 7.71. The largest absolute Gasteiger partial charge is 0.490 e. The number of aliphatic hydroxyl groups is 2. The van der Waals surface area contributed by atoms with E-state index in [1.54, 1.807) is 0 Å². The van der Waals surface area contributed by atoms with Crippen LogP contribution in [0, 0.1) is 0 Å². The molecule has 0 spiro atoms. The fraction of sp³-hybridized carbons (Fsp3) is 0.421. The van der Waals surface area contributed by atoms with E-state index in [0.29, 0.717) is 38.5 Å². The predicted molar refractivity (Wildman–Crippen MR) is 181 cm³/mol. The molecule has 46 heavy (non-hydrogen) atoms. The number of carbonyl (C=O) groups is 2. The SMILES string of the molecule is CC(C)(C)OC(=O)CCCC[C@H](O)COc1cccc2ccccc12.O=C(O)CCCC[C@H](O)COc1cccc2ccccc12. The maximum absolute atomic E-state index is 11.6. The van der Waals surface area contributed by atoms with Crippen molar-refractivity contribution >= 4 is 33.5 Å². The summed E-state index contributed by atoms with van der Waals surface area (Å²) in [6.07, 6.45) is 3.32. The van der Waals surface area contributed by atoms with Gasteiger partial charge in [0, 0.05) is 23.6 Å². The lowest BCUT2D eigenvalue weighted by atomic mass is 10.1. The van der Waals surface area contributed by atoms with Gasteiger partial charge in [-0.25, -0.2) is 0 Å². The van der Waals surface area contributed by atoms with E-state index in [1.807, 2.05) is 106 Å². The molecule has 0 radical (unpaired) electrons. The van der Waals surface area contributed by atoms with Crippen LogP contribution in [0.1, 0.15) is 72.1 Å². The molecule has 0 heterocycles. The molecule has 0 aliphatic rings. The van der Waals surface area contributed by atoms with E-state index in [9.17, 15) is 19.8 Å². The van der Waals surface area contributed by atoms with Gasteiger partial charge in [-0.05, 0) is 69.4 Å². The van der Waals surface area contributed by atoms with Gasteiger partial charge in [-0.3, -0.25) is 9.59 Å². The molecule has 0 saturated carbocycles. The first-order chi connectivity index (χ1) is 22.0. The molecule has 0 unspecified atom stereocenters. The van der Waals surface area contributed by atoms with Gasteiger partial charge in [-0.15, -0.1) is 0 Å².